The van der Waals surface area contributed by atoms with Crippen LogP contribution < -0.4 is 14.8 Å². The lowest BCUT2D eigenvalue weighted by molar-refractivity contribution is -0.126. The van der Waals surface area contributed by atoms with Crippen molar-refractivity contribution < 1.29 is 19.1 Å². The van der Waals surface area contributed by atoms with Gasteiger partial charge >= 0.3 is 0 Å². The van der Waals surface area contributed by atoms with Crippen LogP contribution in [0.1, 0.15) is 22.7 Å². The molecule has 0 atom stereocenters. The molecule has 1 amide bonds. The fourth-order valence-corrected chi connectivity index (χ4v) is 2.98. The van der Waals surface area contributed by atoms with Crippen molar-refractivity contribution in [1.82, 2.24) is 5.32 Å². The number of nitrogens with one attached hydrogen (secondary N) is 1. The molecule has 0 aliphatic heterocycles. The van der Waals surface area contributed by atoms with Gasteiger partial charge in [0.25, 0.3) is 5.91 Å². The zero-order valence-corrected chi connectivity index (χ0v) is 16.9. The van der Waals surface area contributed by atoms with Gasteiger partial charge in [-0.3, -0.25) is 4.79 Å². The Kier molecular flexibility index (Phi) is 7.44. The maximum atomic E-state index is 12.4. The quantitative estimate of drug-likeness (QED) is 0.433. The molecule has 3 aromatic carbocycles. The lowest BCUT2D eigenvalue weighted by atomic mass is 9.99. The van der Waals surface area contributed by atoms with Crippen molar-refractivity contribution in [2.75, 3.05) is 20.8 Å². The molecular formula is C24H24N2O4. The topological polar surface area (TPSA) is 69.2 Å². The summed E-state index contributed by atoms with van der Waals surface area (Å²) in [7, 11) is 3.14. The number of ether oxygens (including phenoxy) is 2. The average Bonchev–Trinajstić information content (AvgIpc) is 2.81. The minimum atomic E-state index is -0.267. The number of oxime groups is 1. The Morgan fingerprint density at radius 2 is 1.50 bits per heavy atom. The largest absolute Gasteiger partial charge is 0.493 e. The summed E-state index contributed by atoms with van der Waals surface area (Å²) >= 11 is 0. The number of hydrogen-bond acceptors (Lipinski definition) is 5. The first-order chi connectivity index (χ1) is 14.7. The van der Waals surface area contributed by atoms with E-state index in [-0.39, 0.29) is 18.6 Å². The summed E-state index contributed by atoms with van der Waals surface area (Å²) in [5.41, 5.74) is 2.75. The van der Waals surface area contributed by atoms with E-state index in [4.69, 9.17) is 14.3 Å². The van der Waals surface area contributed by atoms with E-state index in [1.54, 1.807) is 26.4 Å². The number of nitrogens with zero attached hydrogens (tertiary/aromatic N) is 1. The van der Waals surface area contributed by atoms with E-state index in [2.05, 4.69) is 10.5 Å². The molecule has 0 radical (unpaired) electrons. The third-order valence-corrected chi connectivity index (χ3v) is 4.45. The van der Waals surface area contributed by atoms with Gasteiger partial charge in [-0.15, -0.1) is 0 Å². The summed E-state index contributed by atoms with van der Waals surface area (Å²) in [6.45, 7) is -0.194. The molecule has 0 spiro atoms. The Balaban J connectivity index is 1.60. The Labute approximate surface area is 176 Å². The Hall–Kier alpha value is -3.80. The van der Waals surface area contributed by atoms with Crippen LogP contribution in [0.3, 0.4) is 0 Å². The molecule has 0 saturated heterocycles. The van der Waals surface area contributed by atoms with Gasteiger partial charge in [0.15, 0.2) is 18.1 Å². The first kappa shape index (κ1) is 20.9. The van der Waals surface area contributed by atoms with Crippen LogP contribution in [-0.2, 0) is 9.63 Å². The van der Waals surface area contributed by atoms with E-state index >= 15 is 0 Å². The molecule has 3 aromatic rings. The predicted octanol–water partition coefficient (Wildman–Crippen LogP) is 3.96. The Bertz CT molecular complexity index is 936. The molecule has 0 aliphatic rings. The SMILES string of the molecule is COc1ccc(/C=N\OCC(=O)NC(c2ccccc2)c2ccccc2)cc1OC. The fourth-order valence-electron chi connectivity index (χ4n) is 2.98. The zero-order chi connectivity index (χ0) is 21.2. The summed E-state index contributed by atoms with van der Waals surface area (Å²) in [5.74, 6) is 0.952. The number of hydrogen-bond donors (Lipinski definition) is 1. The second-order valence-corrected chi connectivity index (χ2v) is 6.44. The van der Waals surface area contributed by atoms with E-state index in [1.165, 1.54) is 6.21 Å². The van der Waals surface area contributed by atoms with E-state index in [0.717, 1.165) is 16.7 Å². The van der Waals surface area contributed by atoms with Gasteiger partial charge < -0.3 is 19.6 Å². The second-order valence-electron chi connectivity index (χ2n) is 6.44. The highest BCUT2D eigenvalue weighted by Crippen LogP contribution is 2.27. The van der Waals surface area contributed by atoms with Gasteiger partial charge in [0.05, 0.1) is 26.5 Å². The second kappa shape index (κ2) is 10.7. The number of amides is 1. The molecule has 0 heterocycles. The smallest absolute Gasteiger partial charge is 0.261 e. The van der Waals surface area contributed by atoms with Gasteiger partial charge in [0, 0.05) is 5.56 Å². The molecule has 0 unspecified atom stereocenters. The van der Waals surface area contributed by atoms with Gasteiger partial charge in [-0.05, 0) is 29.3 Å². The van der Waals surface area contributed by atoms with Gasteiger partial charge in [-0.2, -0.15) is 0 Å². The average molecular weight is 404 g/mol. The van der Waals surface area contributed by atoms with Crippen molar-refractivity contribution in [1.29, 1.82) is 0 Å². The van der Waals surface area contributed by atoms with Crippen LogP contribution in [0.5, 0.6) is 11.5 Å². The molecule has 0 bridgehead atoms. The highest BCUT2D eigenvalue weighted by atomic mass is 16.6. The number of methoxy groups -OCH3 is 2. The van der Waals surface area contributed by atoms with Crippen LogP contribution in [0.2, 0.25) is 0 Å². The lowest BCUT2D eigenvalue weighted by Gasteiger charge is -2.19. The van der Waals surface area contributed by atoms with Gasteiger partial charge in [0.1, 0.15) is 0 Å². The third-order valence-electron chi connectivity index (χ3n) is 4.45. The van der Waals surface area contributed by atoms with Gasteiger partial charge in [-0.1, -0.05) is 65.8 Å². The Morgan fingerprint density at radius 3 is 2.07 bits per heavy atom. The van der Waals surface area contributed by atoms with Crippen LogP contribution in [0.15, 0.2) is 84.0 Å². The maximum Gasteiger partial charge on any atom is 0.261 e. The molecule has 3 rings (SSSR count). The molecule has 6 heteroatoms. The predicted molar refractivity (Wildman–Crippen MR) is 116 cm³/mol. The first-order valence-corrected chi connectivity index (χ1v) is 9.48. The number of carbonyl (C=O) groups is 1. The van der Waals surface area contributed by atoms with Crippen LogP contribution in [0.4, 0.5) is 0 Å². The fraction of sp³-hybridized carbons (Fsp3) is 0.167. The lowest BCUT2D eigenvalue weighted by Crippen LogP contribution is -2.31. The highest BCUT2D eigenvalue weighted by molar-refractivity contribution is 5.81. The molecule has 0 saturated carbocycles. The van der Waals surface area contributed by atoms with Crippen LogP contribution in [-0.4, -0.2) is 32.9 Å². The number of benzene rings is 3. The van der Waals surface area contributed by atoms with Gasteiger partial charge in [-0.25, -0.2) is 0 Å². The number of rotatable bonds is 9. The van der Waals surface area contributed by atoms with Crippen LogP contribution >= 0.6 is 0 Å². The summed E-state index contributed by atoms with van der Waals surface area (Å²) in [4.78, 5) is 17.6. The van der Waals surface area contributed by atoms with Crippen molar-refractivity contribution in [2.45, 2.75) is 6.04 Å². The van der Waals surface area contributed by atoms with Crippen molar-refractivity contribution in [3.05, 3.63) is 95.6 Å². The summed E-state index contributed by atoms with van der Waals surface area (Å²) in [5, 5.41) is 6.89. The van der Waals surface area contributed by atoms with E-state index in [0.29, 0.717) is 11.5 Å². The molecule has 0 aromatic heterocycles. The molecular weight excluding hydrogens is 380 g/mol. The highest BCUT2D eigenvalue weighted by Gasteiger charge is 2.16. The van der Waals surface area contributed by atoms with Crippen LogP contribution in [0, 0.1) is 0 Å². The molecule has 6 nitrogen and oxygen atoms in total. The molecule has 1 N–H and O–H groups in total. The minimum Gasteiger partial charge on any atom is -0.493 e. The summed E-state index contributed by atoms with van der Waals surface area (Å²) in [6.07, 6.45) is 1.51. The van der Waals surface area contributed by atoms with Crippen LogP contribution in [0.25, 0.3) is 0 Å². The minimum absolute atomic E-state index is 0.194. The summed E-state index contributed by atoms with van der Waals surface area (Å²) < 4.78 is 10.5. The van der Waals surface area contributed by atoms with Crippen molar-refractivity contribution in [2.24, 2.45) is 5.16 Å². The molecule has 0 fully saturated rings. The summed E-state index contributed by atoms with van der Waals surface area (Å²) in [6, 6.07) is 24.7. The van der Waals surface area contributed by atoms with E-state index < -0.39 is 0 Å². The van der Waals surface area contributed by atoms with E-state index in [9.17, 15) is 4.79 Å². The number of carbonyl (C=O) groups excluding carboxylic acids is 1. The zero-order valence-electron chi connectivity index (χ0n) is 16.9. The van der Waals surface area contributed by atoms with Crippen molar-refractivity contribution >= 4 is 12.1 Å². The Morgan fingerprint density at radius 1 is 0.900 bits per heavy atom. The molecule has 30 heavy (non-hydrogen) atoms. The standard InChI is InChI=1S/C24H24N2O4/c1-28-21-14-13-18(15-22(21)29-2)16-25-30-17-23(27)26-24(19-9-5-3-6-10-19)20-11-7-4-8-12-20/h3-16,24H,17H2,1-2H3,(H,26,27)/b25-16-. The maximum absolute atomic E-state index is 12.4. The molecule has 154 valence electrons. The monoisotopic (exact) mass is 404 g/mol. The van der Waals surface area contributed by atoms with Crippen molar-refractivity contribution in [3.8, 4) is 11.5 Å². The molecule has 0 aliphatic carbocycles. The third kappa shape index (κ3) is 5.61. The normalized spacial score (nSPS) is 10.8. The first-order valence-electron chi connectivity index (χ1n) is 9.48. The van der Waals surface area contributed by atoms with Crippen molar-refractivity contribution in [3.63, 3.8) is 0 Å². The van der Waals surface area contributed by atoms with Gasteiger partial charge in [0.2, 0.25) is 0 Å². The van der Waals surface area contributed by atoms with E-state index in [1.807, 2.05) is 66.7 Å².